The molecule has 2 aromatic heterocycles. The van der Waals surface area contributed by atoms with Gasteiger partial charge in [-0.05, 0) is 36.1 Å². The van der Waals surface area contributed by atoms with Crippen molar-refractivity contribution >= 4 is 28.3 Å². The van der Waals surface area contributed by atoms with Gasteiger partial charge in [-0.15, -0.1) is 0 Å². The number of carbonyl (C=O) groups excluding carboxylic acids is 1. The molecule has 3 rings (SSSR count). The van der Waals surface area contributed by atoms with Crippen LogP contribution in [-0.2, 0) is 0 Å². The first-order valence-corrected chi connectivity index (χ1v) is 6.54. The van der Waals surface area contributed by atoms with Crippen molar-refractivity contribution in [2.75, 3.05) is 5.32 Å². The number of pyridine rings is 1. The second-order valence-electron chi connectivity index (χ2n) is 4.85. The van der Waals surface area contributed by atoms with E-state index < -0.39 is 4.92 Å². The molecule has 2 N–H and O–H groups in total. The lowest BCUT2D eigenvalue weighted by molar-refractivity contribution is -0.385. The Balaban J connectivity index is 1.85. The molecule has 1 amide bonds. The molecule has 0 fully saturated rings. The fraction of sp³-hybridized carbons (Fsp3) is 0.0667. The van der Waals surface area contributed by atoms with Crippen molar-refractivity contribution in [3.8, 4) is 0 Å². The fourth-order valence-electron chi connectivity index (χ4n) is 2.16. The molecule has 7 nitrogen and oxygen atoms in total. The Kier molecular flexibility index (Phi) is 3.30. The molecule has 0 saturated carbocycles. The highest BCUT2D eigenvalue weighted by molar-refractivity contribution is 6.06. The molecule has 0 aliphatic carbocycles. The summed E-state index contributed by atoms with van der Waals surface area (Å²) >= 11 is 0. The van der Waals surface area contributed by atoms with E-state index in [9.17, 15) is 14.9 Å². The van der Waals surface area contributed by atoms with Crippen LogP contribution < -0.4 is 5.32 Å². The number of benzene rings is 1. The number of hydrogen-bond acceptors (Lipinski definition) is 4. The highest BCUT2D eigenvalue weighted by Crippen LogP contribution is 2.19. The van der Waals surface area contributed by atoms with Gasteiger partial charge in [0.05, 0.1) is 4.92 Å². The Morgan fingerprint density at radius 3 is 2.86 bits per heavy atom. The van der Waals surface area contributed by atoms with Crippen LogP contribution >= 0.6 is 0 Å². The van der Waals surface area contributed by atoms with E-state index >= 15 is 0 Å². The fourth-order valence-corrected chi connectivity index (χ4v) is 2.16. The largest absolute Gasteiger partial charge is 0.361 e. The molecule has 0 unspecified atom stereocenters. The molecule has 0 saturated heterocycles. The summed E-state index contributed by atoms with van der Waals surface area (Å²) in [7, 11) is 0. The number of carbonyl (C=O) groups is 1. The highest BCUT2D eigenvalue weighted by Gasteiger charge is 2.13. The molecule has 3 aromatic rings. The Hall–Kier alpha value is -3.22. The van der Waals surface area contributed by atoms with Crippen LogP contribution in [0.2, 0.25) is 0 Å². The Morgan fingerprint density at radius 2 is 2.14 bits per heavy atom. The second kappa shape index (κ2) is 5.28. The van der Waals surface area contributed by atoms with Gasteiger partial charge in [-0.3, -0.25) is 14.9 Å². The molecule has 7 heteroatoms. The van der Waals surface area contributed by atoms with Crippen molar-refractivity contribution in [2.45, 2.75) is 6.92 Å². The van der Waals surface area contributed by atoms with E-state index in [0.29, 0.717) is 16.9 Å². The smallest absolute Gasteiger partial charge is 0.287 e. The highest BCUT2D eigenvalue weighted by atomic mass is 16.6. The summed E-state index contributed by atoms with van der Waals surface area (Å²) in [6, 6.07) is 8.59. The molecule has 0 atom stereocenters. The molecule has 0 aliphatic rings. The number of fused-ring (bicyclic) bond motifs is 1. The number of nitrogens with one attached hydrogen (secondary N) is 2. The van der Waals surface area contributed by atoms with Crippen LogP contribution in [0.1, 0.15) is 15.9 Å². The predicted molar refractivity (Wildman–Crippen MR) is 81.9 cm³/mol. The summed E-state index contributed by atoms with van der Waals surface area (Å²) in [5, 5.41) is 14.4. The number of nitro groups is 1. The zero-order valence-electron chi connectivity index (χ0n) is 11.7. The number of anilines is 1. The van der Waals surface area contributed by atoms with E-state index in [0.717, 1.165) is 17.1 Å². The molecule has 0 spiro atoms. The molecule has 0 radical (unpaired) electrons. The Labute approximate surface area is 125 Å². The number of rotatable bonds is 3. The van der Waals surface area contributed by atoms with Crippen LogP contribution in [-0.4, -0.2) is 20.8 Å². The van der Waals surface area contributed by atoms with Gasteiger partial charge in [0.1, 0.15) is 12.0 Å². The number of amides is 1. The number of aryl methyl sites for hydroxylation is 1. The van der Waals surface area contributed by atoms with Crippen LogP contribution in [0.15, 0.2) is 42.7 Å². The number of hydrogen-bond donors (Lipinski definition) is 2. The average molecular weight is 296 g/mol. The predicted octanol–water partition coefficient (Wildman–Crippen LogP) is 3.03. The second-order valence-corrected chi connectivity index (χ2v) is 4.85. The van der Waals surface area contributed by atoms with Crippen LogP contribution in [0, 0.1) is 17.0 Å². The van der Waals surface area contributed by atoms with Crippen molar-refractivity contribution in [1.82, 2.24) is 9.97 Å². The molecule has 2 heterocycles. The molecular formula is C15H12N4O3. The zero-order valence-corrected chi connectivity index (χ0v) is 11.7. The number of H-pyrrole nitrogens is 1. The van der Waals surface area contributed by atoms with Gasteiger partial charge in [0.25, 0.3) is 11.6 Å². The van der Waals surface area contributed by atoms with Gasteiger partial charge >= 0.3 is 0 Å². The maximum absolute atomic E-state index is 12.3. The monoisotopic (exact) mass is 296 g/mol. The van der Waals surface area contributed by atoms with E-state index in [4.69, 9.17) is 0 Å². The lowest BCUT2D eigenvalue weighted by atomic mass is 10.1. The molecule has 110 valence electrons. The quantitative estimate of drug-likeness (QED) is 0.573. The van der Waals surface area contributed by atoms with Gasteiger partial charge in [-0.2, -0.15) is 0 Å². The van der Waals surface area contributed by atoms with Crippen LogP contribution in [0.5, 0.6) is 0 Å². The van der Waals surface area contributed by atoms with E-state index in [1.54, 1.807) is 25.3 Å². The third-order valence-electron chi connectivity index (χ3n) is 3.32. The van der Waals surface area contributed by atoms with E-state index in [2.05, 4.69) is 15.3 Å². The van der Waals surface area contributed by atoms with Gasteiger partial charge in [0.15, 0.2) is 0 Å². The molecule has 0 bridgehead atoms. The summed E-state index contributed by atoms with van der Waals surface area (Å²) < 4.78 is 0. The molecule has 22 heavy (non-hydrogen) atoms. The molecule has 1 aromatic carbocycles. The van der Waals surface area contributed by atoms with Crippen molar-refractivity contribution in [3.63, 3.8) is 0 Å². The minimum absolute atomic E-state index is 0.108. The number of aromatic amines is 1. The molecular weight excluding hydrogens is 284 g/mol. The van der Waals surface area contributed by atoms with Crippen molar-refractivity contribution in [3.05, 3.63) is 64.0 Å². The first kappa shape index (κ1) is 13.7. The van der Waals surface area contributed by atoms with Crippen LogP contribution in [0.25, 0.3) is 10.9 Å². The SMILES string of the molecule is Cc1cc([N+](=O)[O-])cnc1NC(=O)c1ccc2cc[nH]c2c1. The van der Waals surface area contributed by atoms with Crippen molar-refractivity contribution in [2.24, 2.45) is 0 Å². The van der Waals surface area contributed by atoms with Crippen LogP contribution in [0.3, 0.4) is 0 Å². The minimum atomic E-state index is -0.523. The third-order valence-corrected chi connectivity index (χ3v) is 3.32. The van der Waals surface area contributed by atoms with Crippen molar-refractivity contribution in [1.29, 1.82) is 0 Å². The first-order chi connectivity index (χ1) is 10.5. The number of nitrogens with zero attached hydrogens (tertiary/aromatic N) is 2. The Morgan fingerprint density at radius 1 is 1.32 bits per heavy atom. The summed E-state index contributed by atoms with van der Waals surface area (Å²) in [6.45, 7) is 1.66. The lowest BCUT2D eigenvalue weighted by Crippen LogP contribution is -2.14. The van der Waals surface area contributed by atoms with E-state index in [1.807, 2.05) is 12.1 Å². The van der Waals surface area contributed by atoms with Gasteiger partial charge in [0, 0.05) is 23.3 Å². The lowest BCUT2D eigenvalue weighted by Gasteiger charge is -2.07. The normalized spacial score (nSPS) is 10.6. The maximum atomic E-state index is 12.3. The Bertz CT molecular complexity index is 885. The van der Waals surface area contributed by atoms with Crippen LogP contribution in [0.4, 0.5) is 11.5 Å². The summed E-state index contributed by atoms with van der Waals surface area (Å²) in [4.78, 5) is 29.4. The summed E-state index contributed by atoms with van der Waals surface area (Å²) in [5.41, 5.74) is 1.77. The summed E-state index contributed by atoms with van der Waals surface area (Å²) in [5.74, 6) is -0.0110. The van der Waals surface area contributed by atoms with E-state index in [1.165, 1.54) is 6.07 Å². The zero-order chi connectivity index (χ0) is 15.7. The number of aromatic nitrogens is 2. The van der Waals surface area contributed by atoms with Gasteiger partial charge in [-0.25, -0.2) is 4.98 Å². The first-order valence-electron chi connectivity index (χ1n) is 6.54. The minimum Gasteiger partial charge on any atom is -0.361 e. The third kappa shape index (κ3) is 2.51. The van der Waals surface area contributed by atoms with Gasteiger partial charge in [-0.1, -0.05) is 6.07 Å². The molecule has 0 aliphatic heterocycles. The van der Waals surface area contributed by atoms with E-state index in [-0.39, 0.29) is 11.6 Å². The summed E-state index contributed by atoms with van der Waals surface area (Å²) in [6.07, 6.45) is 2.92. The standard InChI is InChI=1S/C15H12N4O3/c1-9-6-12(19(21)22)8-17-14(9)18-15(20)11-3-2-10-4-5-16-13(10)7-11/h2-8,16H,1H3,(H,17,18,20). The topological polar surface area (TPSA) is 101 Å². The van der Waals surface area contributed by atoms with Gasteiger partial charge < -0.3 is 10.3 Å². The van der Waals surface area contributed by atoms with Gasteiger partial charge in [0.2, 0.25) is 0 Å². The average Bonchev–Trinajstić information content (AvgIpc) is 2.96. The maximum Gasteiger partial charge on any atom is 0.287 e. The van der Waals surface area contributed by atoms with Crippen molar-refractivity contribution < 1.29 is 9.72 Å².